The highest BCUT2D eigenvalue weighted by atomic mass is 32.2. The fourth-order valence-electron chi connectivity index (χ4n) is 3.40. The van der Waals surface area contributed by atoms with Gasteiger partial charge in [-0.25, -0.2) is 8.42 Å². The van der Waals surface area contributed by atoms with Crippen LogP contribution in [-0.4, -0.2) is 44.4 Å². The quantitative estimate of drug-likeness (QED) is 0.806. The van der Waals surface area contributed by atoms with Crippen molar-refractivity contribution in [1.82, 2.24) is 9.62 Å². The molecule has 1 heterocycles. The molecule has 7 heteroatoms. The Morgan fingerprint density at radius 1 is 1.11 bits per heavy atom. The molecule has 6 nitrogen and oxygen atoms in total. The lowest BCUT2D eigenvalue weighted by molar-refractivity contribution is -0.124. The van der Waals surface area contributed by atoms with Crippen LogP contribution in [0.25, 0.3) is 0 Å². The molecule has 0 aromatic heterocycles. The summed E-state index contributed by atoms with van der Waals surface area (Å²) in [6.07, 6.45) is 1.17. The molecular weight excluding hydrogens is 376 g/mol. The number of nitrogens with zero attached hydrogens (tertiary/aromatic N) is 1. The first-order valence-corrected chi connectivity index (χ1v) is 10.8. The zero-order chi connectivity index (χ0) is 20.1. The van der Waals surface area contributed by atoms with Gasteiger partial charge < -0.3 is 10.1 Å². The van der Waals surface area contributed by atoms with E-state index >= 15 is 0 Å². The van der Waals surface area contributed by atoms with Crippen LogP contribution in [0.15, 0.2) is 53.4 Å². The fraction of sp³-hybridized carbons (Fsp3) is 0.381. The Bertz CT molecular complexity index is 921. The van der Waals surface area contributed by atoms with E-state index in [-0.39, 0.29) is 18.6 Å². The van der Waals surface area contributed by atoms with Gasteiger partial charge in [-0.15, -0.1) is 0 Å². The van der Waals surface area contributed by atoms with E-state index in [2.05, 4.69) is 5.32 Å². The summed E-state index contributed by atoms with van der Waals surface area (Å²) in [6.45, 7) is 4.49. The Labute approximate surface area is 166 Å². The maximum atomic E-state index is 12.9. The van der Waals surface area contributed by atoms with Gasteiger partial charge in [0.1, 0.15) is 5.75 Å². The number of para-hydroxylation sites is 1. The summed E-state index contributed by atoms with van der Waals surface area (Å²) >= 11 is 0. The van der Waals surface area contributed by atoms with Gasteiger partial charge in [-0.05, 0) is 50.5 Å². The van der Waals surface area contributed by atoms with Gasteiger partial charge in [-0.3, -0.25) is 4.79 Å². The average molecular weight is 403 g/mol. The Morgan fingerprint density at radius 2 is 1.79 bits per heavy atom. The van der Waals surface area contributed by atoms with Crippen LogP contribution >= 0.6 is 0 Å². The number of amides is 1. The first kappa shape index (κ1) is 20.4. The third kappa shape index (κ3) is 4.91. The van der Waals surface area contributed by atoms with Gasteiger partial charge in [0.25, 0.3) is 5.91 Å². The van der Waals surface area contributed by atoms with Crippen LogP contribution in [0.4, 0.5) is 0 Å². The number of hydrogen-bond acceptors (Lipinski definition) is 4. The summed E-state index contributed by atoms with van der Waals surface area (Å²) < 4.78 is 32.8. The second kappa shape index (κ2) is 8.75. The summed E-state index contributed by atoms with van der Waals surface area (Å²) in [4.78, 5) is 12.5. The Balaban J connectivity index is 1.52. The number of aryl methyl sites for hydroxylation is 2. The molecule has 0 unspecified atom stereocenters. The van der Waals surface area contributed by atoms with Crippen molar-refractivity contribution in [2.24, 2.45) is 0 Å². The molecule has 0 aliphatic carbocycles. The molecule has 0 spiro atoms. The predicted octanol–water partition coefficient (Wildman–Crippen LogP) is 2.65. The predicted molar refractivity (Wildman–Crippen MR) is 108 cm³/mol. The summed E-state index contributed by atoms with van der Waals surface area (Å²) in [5.74, 6) is 0.451. The van der Waals surface area contributed by atoms with Crippen LogP contribution in [0.3, 0.4) is 0 Å². The number of carbonyl (C=O) groups is 1. The molecule has 1 N–H and O–H groups in total. The molecule has 1 amide bonds. The first-order valence-electron chi connectivity index (χ1n) is 9.41. The zero-order valence-corrected chi connectivity index (χ0v) is 17.0. The third-order valence-electron chi connectivity index (χ3n) is 4.88. The topological polar surface area (TPSA) is 75.7 Å². The molecule has 3 rings (SSSR count). The monoisotopic (exact) mass is 402 g/mol. The fourth-order valence-corrected chi connectivity index (χ4v) is 5.08. The Hall–Kier alpha value is -2.38. The molecule has 0 bridgehead atoms. The van der Waals surface area contributed by atoms with Crippen molar-refractivity contribution >= 4 is 15.9 Å². The molecule has 2 aromatic rings. The highest BCUT2D eigenvalue weighted by Gasteiger charge is 2.30. The van der Waals surface area contributed by atoms with Crippen molar-refractivity contribution in [2.75, 3.05) is 19.7 Å². The van der Waals surface area contributed by atoms with Crippen LogP contribution in [0, 0.1) is 13.8 Å². The van der Waals surface area contributed by atoms with Crippen LogP contribution in [0.5, 0.6) is 5.75 Å². The minimum Gasteiger partial charge on any atom is -0.484 e. The van der Waals surface area contributed by atoms with Gasteiger partial charge in [0.2, 0.25) is 10.0 Å². The van der Waals surface area contributed by atoms with Crippen molar-refractivity contribution in [1.29, 1.82) is 0 Å². The van der Waals surface area contributed by atoms with Crippen molar-refractivity contribution in [2.45, 2.75) is 37.6 Å². The number of hydrogen-bond donors (Lipinski definition) is 1. The van der Waals surface area contributed by atoms with Crippen LogP contribution in [0.1, 0.15) is 24.0 Å². The van der Waals surface area contributed by atoms with Crippen LogP contribution < -0.4 is 10.1 Å². The minimum atomic E-state index is -3.51. The zero-order valence-electron chi connectivity index (χ0n) is 16.2. The van der Waals surface area contributed by atoms with Crippen LogP contribution in [-0.2, 0) is 14.8 Å². The maximum absolute atomic E-state index is 12.9. The van der Waals surface area contributed by atoms with E-state index in [4.69, 9.17) is 4.74 Å². The number of benzene rings is 2. The van der Waals surface area contributed by atoms with Crippen LogP contribution in [0.2, 0.25) is 0 Å². The Morgan fingerprint density at radius 3 is 2.43 bits per heavy atom. The lowest BCUT2D eigenvalue weighted by Gasteiger charge is -2.32. The third-order valence-corrected chi connectivity index (χ3v) is 6.94. The number of nitrogens with one attached hydrogen (secondary N) is 1. The Kier molecular flexibility index (Phi) is 6.36. The average Bonchev–Trinajstić information content (AvgIpc) is 2.67. The van der Waals surface area contributed by atoms with E-state index < -0.39 is 10.0 Å². The smallest absolute Gasteiger partial charge is 0.258 e. The van der Waals surface area contributed by atoms with Gasteiger partial charge in [0.05, 0.1) is 4.90 Å². The molecule has 2 aromatic carbocycles. The molecule has 1 aliphatic heterocycles. The summed E-state index contributed by atoms with van der Waals surface area (Å²) in [5, 5.41) is 2.93. The summed E-state index contributed by atoms with van der Waals surface area (Å²) in [6, 6.07) is 14.5. The molecule has 0 radical (unpaired) electrons. The molecule has 0 saturated carbocycles. The normalized spacial score (nSPS) is 15.9. The van der Waals surface area contributed by atoms with E-state index in [0.717, 1.165) is 11.1 Å². The molecule has 1 aliphatic rings. The first-order chi connectivity index (χ1) is 13.4. The van der Waals surface area contributed by atoms with E-state index in [9.17, 15) is 13.2 Å². The van der Waals surface area contributed by atoms with Crippen molar-refractivity contribution < 1.29 is 17.9 Å². The second-order valence-electron chi connectivity index (χ2n) is 7.12. The van der Waals surface area contributed by atoms with Gasteiger partial charge >= 0.3 is 0 Å². The highest BCUT2D eigenvalue weighted by Crippen LogP contribution is 2.24. The lowest BCUT2D eigenvalue weighted by Crippen LogP contribution is -2.47. The van der Waals surface area contributed by atoms with Gasteiger partial charge in [-0.1, -0.05) is 35.9 Å². The largest absolute Gasteiger partial charge is 0.484 e. The number of rotatable bonds is 6. The molecule has 0 atom stereocenters. The summed E-state index contributed by atoms with van der Waals surface area (Å²) in [7, 11) is -3.51. The number of piperidine rings is 1. The van der Waals surface area contributed by atoms with Crippen molar-refractivity contribution in [3.05, 3.63) is 59.7 Å². The number of ether oxygens (including phenoxy) is 1. The molecule has 28 heavy (non-hydrogen) atoms. The van der Waals surface area contributed by atoms with E-state index in [1.54, 1.807) is 18.2 Å². The second-order valence-corrected chi connectivity index (χ2v) is 9.02. The van der Waals surface area contributed by atoms with Gasteiger partial charge in [0, 0.05) is 19.1 Å². The molecule has 150 valence electrons. The minimum absolute atomic E-state index is 0.0440. The lowest BCUT2D eigenvalue weighted by atomic mass is 10.1. The molecule has 1 fully saturated rings. The van der Waals surface area contributed by atoms with E-state index in [1.165, 1.54) is 4.31 Å². The number of sulfonamides is 1. The standard InChI is InChI=1S/C21H26N2O4S/c1-16-8-9-20(17(2)14-16)28(25,26)23-12-10-18(11-13-23)22-21(24)15-27-19-6-4-3-5-7-19/h3-9,14,18H,10-13,15H2,1-2H3,(H,22,24). The van der Waals surface area contributed by atoms with Crippen molar-refractivity contribution in [3.63, 3.8) is 0 Å². The van der Waals surface area contributed by atoms with Gasteiger partial charge in [-0.2, -0.15) is 4.31 Å². The summed E-state index contributed by atoms with van der Waals surface area (Å²) in [5.41, 5.74) is 1.80. The highest BCUT2D eigenvalue weighted by molar-refractivity contribution is 7.89. The van der Waals surface area contributed by atoms with E-state index in [1.807, 2.05) is 44.2 Å². The molecular formula is C21H26N2O4S. The van der Waals surface area contributed by atoms with E-state index in [0.29, 0.717) is 36.6 Å². The SMILES string of the molecule is Cc1ccc(S(=O)(=O)N2CCC(NC(=O)COc3ccccc3)CC2)c(C)c1. The number of carbonyl (C=O) groups excluding carboxylic acids is 1. The van der Waals surface area contributed by atoms with Crippen molar-refractivity contribution in [3.8, 4) is 5.75 Å². The molecule has 1 saturated heterocycles. The van der Waals surface area contributed by atoms with Gasteiger partial charge in [0.15, 0.2) is 6.61 Å². The maximum Gasteiger partial charge on any atom is 0.258 e.